The summed E-state index contributed by atoms with van der Waals surface area (Å²) in [7, 11) is 1.53. The summed E-state index contributed by atoms with van der Waals surface area (Å²) < 4.78 is 6.96. The Hall–Kier alpha value is -1.99. The van der Waals surface area contributed by atoms with Gasteiger partial charge in [-0.2, -0.15) is 5.10 Å². The molecule has 27 heavy (non-hydrogen) atoms. The lowest BCUT2D eigenvalue weighted by molar-refractivity contribution is 0.0610. The zero-order valence-electron chi connectivity index (χ0n) is 15.9. The van der Waals surface area contributed by atoms with Crippen LogP contribution >= 0.6 is 0 Å². The fourth-order valence-electron chi connectivity index (χ4n) is 3.96. The van der Waals surface area contributed by atoms with Gasteiger partial charge < -0.3 is 15.2 Å². The minimum atomic E-state index is -0.718. The predicted molar refractivity (Wildman–Crippen MR) is 102 cm³/mol. The van der Waals surface area contributed by atoms with Crippen molar-refractivity contribution < 1.29 is 14.6 Å². The summed E-state index contributed by atoms with van der Waals surface area (Å²) in [6.45, 7) is 0.352. The van der Waals surface area contributed by atoms with Crippen molar-refractivity contribution in [2.75, 3.05) is 20.3 Å². The molecule has 7 heteroatoms. The molecule has 0 aliphatic heterocycles. The number of carbonyl (C=O) groups is 1. The van der Waals surface area contributed by atoms with Gasteiger partial charge in [-0.25, -0.2) is 9.67 Å². The van der Waals surface area contributed by atoms with Gasteiger partial charge in [0.2, 0.25) is 0 Å². The molecule has 2 aromatic rings. The van der Waals surface area contributed by atoms with Gasteiger partial charge in [-0.15, -0.1) is 0 Å². The Kier molecular flexibility index (Phi) is 5.41. The average molecular weight is 372 g/mol. The summed E-state index contributed by atoms with van der Waals surface area (Å²) in [4.78, 5) is 17.7. The molecule has 0 aromatic carbocycles. The van der Waals surface area contributed by atoms with E-state index in [1.54, 1.807) is 6.20 Å². The van der Waals surface area contributed by atoms with Crippen molar-refractivity contribution in [1.82, 2.24) is 20.1 Å². The number of carbonyl (C=O) groups excluding carboxylic acids is 1. The Labute approximate surface area is 159 Å². The highest BCUT2D eigenvalue weighted by Crippen LogP contribution is 2.40. The van der Waals surface area contributed by atoms with Crippen molar-refractivity contribution in [3.05, 3.63) is 23.5 Å². The summed E-state index contributed by atoms with van der Waals surface area (Å²) in [6.07, 6.45) is 9.28. The maximum atomic E-state index is 12.8. The van der Waals surface area contributed by atoms with E-state index in [9.17, 15) is 9.90 Å². The molecule has 146 valence electrons. The maximum Gasteiger partial charge on any atom is 0.252 e. The Bertz CT molecular complexity index is 809. The number of amides is 1. The largest absolute Gasteiger partial charge is 0.389 e. The van der Waals surface area contributed by atoms with Crippen LogP contribution in [-0.2, 0) is 4.74 Å². The molecule has 0 saturated heterocycles. The van der Waals surface area contributed by atoms with Gasteiger partial charge in [-0.3, -0.25) is 4.79 Å². The summed E-state index contributed by atoms with van der Waals surface area (Å²) >= 11 is 0. The molecule has 0 radical (unpaired) electrons. The summed E-state index contributed by atoms with van der Waals surface area (Å²) in [6, 6.07) is 2.28. The third kappa shape index (κ3) is 3.99. The molecule has 2 fully saturated rings. The lowest BCUT2D eigenvalue weighted by atomic mass is 9.95. The number of methoxy groups -OCH3 is 1. The molecule has 2 heterocycles. The van der Waals surface area contributed by atoms with Crippen LogP contribution in [0.15, 0.2) is 12.3 Å². The van der Waals surface area contributed by atoms with Crippen molar-refractivity contribution in [2.45, 2.75) is 63.0 Å². The first-order chi connectivity index (χ1) is 13.2. The van der Waals surface area contributed by atoms with E-state index in [4.69, 9.17) is 9.72 Å². The van der Waals surface area contributed by atoms with Crippen LogP contribution in [0.1, 0.15) is 73.0 Å². The molecule has 0 bridgehead atoms. The number of nitrogens with zero attached hydrogens (tertiary/aromatic N) is 3. The van der Waals surface area contributed by atoms with E-state index in [2.05, 4.69) is 10.4 Å². The zero-order valence-corrected chi connectivity index (χ0v) is 15.9. The van der Waals surface area contributed by atoms with Crippen molar-refractivity contribution in [3.8, 4) is 0 Å². The van der Waals surface area contributed by atoms with E-state index in [0.29, 0.717) is 17.5 Å². The number of aliphatic hydroxyl groups is 1. The smallest absolute Gasteiger partial charge is 0.252 e. The van der Waals surface area contributed by atoms with Gasteiger partial charge >= 0.3 is 0 Å². The van der Waals surface area contributed by atoms with Crippen LogP contribution in [0.25, 0.3) is 11.0 Å². The van der Waals surface area contributed by atoms with E-state index in [1.807, 2.05) is 10.7 Å². The molecule has 2 aromatic heterocycles. The molecule has 4 rings (SSSR count). The van der Waals surface area contributed by atoms with Crippen LogP contribution in [0.2, 0.25) is 0 Å². The minimum Gasteiger partial charge on any atom is -0.389 e. The van der Waals surface area contributed by atoms with Gasteiger partial charge in [-0.1, -0.05) is 19.3 Å². The van der Waals surface area contributed by atoms with Gasteiger partial charge in [0.25, 0.3) is 5.91 Å². The number of hydrogen-bond acceptors (Lipinski definition) is 5. The predicted octanol–water partition coefficient (Wildman–Crippen LogP) is 2.55. The molecule has 0 unspecified atom stereocenters. The Balaban J connectivity index is 1.65. The zero-order chi connectivity index (χ0) is 18.8. The number of aromatic nitrogens is 3. The fourth-order valence-corrected chi connectivity index (χ4v) is 3.96. The lowest BCUT2D eigenvalue weighted by Gasteiger charge is -2.22. The Morgan fingerprint density at radius 2 is 2.11 bits per heavy atom. The Morgan fingerprint density at radius 1 is 1.33 bits per heavy atom. The second-order valence-electron chi connectivity index (χ2n) is 7.81. The average Bonchev–Trinajstić information content (AvgIpc) is 3.45. The molecule has 1 amide bonds. The van der Waals surface area contributed by atoms with Crippen molar-refractivity contribution in [3.63, 3.8) is 0 Å². The van der Waals surface area contributed by atoms with E-state index in [-0.39, 0.29) is 19.1 Å². The standard InChI is InChI=1S/C20H28N4O3/c1-27-12-15(25)10-21-20(26)16-9-18(13-7-8-13)23-19-17(16)11-22-24(19)14-5-3-2-4-6-14/h9,11,13-15,25H,2-8,10,12H2,1H3,(H,21,26)/t15-/m0/s1. The third-order valence-electron chi connectivity index (χ3n) is 5.60. The normalized spacial score (nSPS) is 19.3. The SMILES string of the molecule is COC[C@@H](O)CNC(=O)c1cc(C2CC2)nc2c1cnn2C1CCCCC1. The quantitative estimate of drug-likeness (QED) is 0.780. The minimum absolute atomic E-state index is 0.159. The van der Waals surface area contributed by atoms with Crippen LogP contribution in [0, 0.1) is 0 Å². The molecular weight excluding hydrogens is 344 g/mol. The topological polar surface area (TPSA) is 89.3 Å². The number of pyridine rings is 1. The van der Waals surface area contributed by atoms with Crippen molar-refractivity contribution in [1.29, 1.82) is 0 Å². The van der Waals surface area contributed by atoms with E-state index < -0.39 is 6.10 Å². The van der Waals surface area contributed by atoms with E-state index in [0.717, 1.165) is 42.4 Å². The highest BCUT2D eigenvalue weighted by Gasteiger charge is 2.29. The molecular formula is C20H28N4O3. The van der Waals surface area contributed by atoms with Gasteiger partial charge in [-0.05, 0) is 31.7 Å². The van der Waals surface area contributed by atoms with Gasteiger partial charge in [0.15, 0.2) is 5.65 Å². The lowest BCUT2D eigenvalue weighted by Crippen LogP contribution is -2.34. The molecule has 7 nitrogen and oxygen atoms in total. The first-order valence-electron chi connectivity index (χ1n) is 10.0. The van der Waals surface area contributed by atoms with E-state index in [1.165, 1.54) is 26.4 Å². The fraction of sp³-hybridized carbons (Fsp3) is 0.650. The van der Waals surface area contributed by atoms with E-state index >= 15 is 0 Å². The number of aliphatic hydroxyl groups excluding tert-OH is 1. The van der Waals surface area contributed by atoms with Gasteiger partial charge in [0.05, 0.1) is 35.9 Å². The molecule has 2 saturated carbocycles. The first kappa shape index (κ1) is 18.4. The van der Waals surface area contributed by atoms with Crippen LogP contribution in [0.4, 0.5) is 0 Å². The molecule has 2 N–H and O–H groups in total. The number of nitrogens with one attached hydrogen (secondary N) is 1. The Morgan fingerprint density at radius 3 is 2.81 bits per heavy atom. The molecule has 0 spiro atoms. The maximum absolute atomic E-state index is 12.8. The number of ether oxygens (including phenoxy) is 1. The second-order valence-corrected chi connectivity index (χ2v) is 7.81. The number of hydrogen-bond donors (Lipinski definition) is 2. The molecule has 2 aliphatic rings. The number of rotatable bonds is 7. The van der Waals surface area contributed by atoms with Crippen molar-refractivity contribution >= 4 is 16.9 Å². The highest BCUT2D eigenvalue weighted by molar-refractivity contribution is 6.05. The number of fused-ring (bicyclic) bond motifs is 1. The summed E-state index contributed by atoms with van der Waals surface area (Å²) in [5.74, 6) is 0.261. The summed E-state index contributed by atoms with van der Waals surface area (Å²) in [5.41, 5.74) is 2.42. The highest BCUT2D eigenvalue weighted by atomic mass is 16.5. The third-order valence-corrected chi connectivity index (χ3v) is 5.60. The van der Waals surface area contributed by atoms with Crippen molar-refractivity contribution in [2.24, 2.45) is 0 Å². The van der Waals surface area contributed by atoms with Gasteiger partial charge in [0, 0.05) is 25.3 Å². The molecule has 2 aliphatic carbocycles. The first-order valence-corrected chi connectivity index (χ1v) is 10.0. The van der Waals surface area contributed by atoms with Crippen LogP contribution in [-0.4, -0.2) is 52.1 Å². The van der Waals surface area contributed by atoms with Gasteiger partial charge in [0.1, 0.15) is 0 Å². The summed E-state index contributed by atoms with van der Waals surface area (Å²) in [5, 5.41) is 18.0. The second kappa shape index (κ2) is 7.94. The van der Waals surface area contributed by atoms with Crippen LogP contribution < -0.4 is 5.32 Å². The monoisotopic (exact) mass is 372 g/mol. The van der Waals surface area contributed by atoms with Crippen LogP contribution in [0.5, 0.6) is 0 Å². The molecule has 1 atom stereocenters. The van der Waals surface area contributed by atoms with Crippen LogP contribution in [0.3, 0.4) is 0 Å².